The molecule has 1 aliphatic heterocycles. The van der Waals surface area contributed by atoms with Crippen molar-refractivity contribution in [2.24, 2.45) is 0 Å². The highest BCUT2D eigenvalue weighted by Crippen LogP contribution is 2.33. The number of anilines is 1. The van der Waals surface area contributed by atoms with E-state index in [9.17, 15) is 4.79 Å². The molecule has 0 unspecified atom stereocenters. The molecule has 1 N–H and O–H groups in total. The maximum absolute atomic E-state index is 12.3. The number of halogens is 1. The van der Waals surface area contributed by atoms with Gasteiger partial charge in [0.15, 0.2) is 0 Å². The second-order valence-electron chi connectivity index (χ2n) is 4.58. The van der Waals surface area contributed by atoms with Gasteiger partial charge in [0.1, 0.15) is 5.51 Å². The number of nitrogens with one attached hydrogen (secondary N) is 1. The van der Waals surface area contributed by atoms with Crippen LogP contribution in [-0.4, -0.2) is 27.7 Å². The Balaban J connectivity index is 1.77. The van der Waals surface area contributed by atoms with Crippen molar-refractivity contribution < 1.29 is 4.79 Å². The Morgan fingerprint density at radius 3 is 3.15 bits per heavy atom. The van der Waals surface area contributed by atoms with Crippen LogP contribution in [0.15, 0.2) is 29.8 Å². The van der Waals surface area contributed by atoms with Gasteiger partial charge in [-0.2, -0.15) is 0 Å². The highest BCUT2D eigenvalue weighted by molar-refractivity contribution is 7.13. The van der Waals surface area contributed by atoms with E-state index in [0.717, 1.165) is 24.9 Å². The zero-order chi connectivity index (χ0) is 13.9. The van der Waals surface area contributed by atoms with E-state index in [-0.39, 0.29) is 12.1 Å². The number of hydrogen-bond acceptors (Lipinski definition) is 4. The van der Waals surface area contributed by atoms with Gasteiger partial charge in [-0.05, 0) is 30.5 Å². The van der Waals surface area contributed by atoms with Gasteiger partial charge in [-0.3, -0.25) is 5.32 Å². The van der Waals surface area contributed by atoms with Gasteiger partial charge >= 0.3 is 6.03 Å². The molecule has 2 heterocycles. The Kier molecular flexibility index (Phi) is 3.84. The van der Waals surface area contributed by atoms with Crippen LogP contribution in [0, 0.1) is 0 Å². The first-order valence-corrected chi connectivity index (χ1v) is 7.59. The first-order valence-electron chi connectivity index (χ1n) is 6.33. The van der Waals surface area contributed by atoms with Crippen LogP contribution in [0.25, 0.3) is 0 Å². The smallest absolute Gasteiger partial charge is 0.317 e. The van der Waals surface area contributed by atoms with E-state index in [1.807, 2.05) is 29.2 Å². The number of benzene rings is 1. The van der Waals surface area contributed by atoms with Gasteiger partial charge in [0, 0.05) is 11.6 Å². The summed E-state index contributed by atoms with van der Waals surface area (Å²) in [6, 6.07) is 7.61. The first kappa shape index (κ1) is 13.3. The topological polar surface area (TPSA) is 58.1 Å². The minimum Gasteiger partial charge on any atom is -0.317 e. The third-order valence-electron chi connectivity index (χ3n) is 3.32. The van der Waals surface area contributed by atoms with Gasteiger partial charge in [0.2, 0.25) is 5.13 Å². The Morgan fingerprint density at radius 2 is 2.40 bits per heavy atom. The predicted octanol–water partition coefficient (Wildman–Crippen LogP) is 3.56. The highest BCUT2D eigenvalue weighted by atomic mass is 35.5. The molecule has 1 atom stereocenters. The third kappa shape index (κ3) is 2.76. The fourth-order valence-corrected chi connectivity index (χ4v) is 3.09. The molecule has 3 rings (SSSR count). The number of urea groups is 1. The molecule has 7 heteroatoms. The molecule has 20 heavy (non-hydrogen) atoms. The summed E-state index contributed by atoms with van der Waals surface area (Å²) in [7, 11) is 0. The van der Waals surface area contributed by atoms with Crippen LogP contribution in [0.1, 0.15) is 24.4 Å². The monoisotopic (exact) mass is 308 g/mol. The van der Waals surface area contributed by atoms with E-state index < -0.39 is 0 Å². The minimum atomic E-state index is -0.135. The molecule has 1 aromatic heterocycles. The van der Waals surface area contributed by atoms with Crippen LogP contribution < -0.4 is 5.32 Å². The van der Waals surface area contributed by atoms with Crippen molar-refractivity contribution in [2.75, 3.05) is 11.9 Å². The van der Waals surface area contributed by atoms with Gasteiger partial charge in [0.25, 0.3) is 0 Å². The van der Waals surface area contributed by atoms with E-state index >= 15 is 0 Å². The van der Waals surface area contributed by atoms with Crippen molar-refractivity contribution in [1.29, 1.82) is 0 Å². The van der Waals surface area contributed by atoms with Crippen molar-refractivity contribution in [1.82, 2.24) is 15.1 Å². The van der Waals surface area contributed by atoms with Gasteiger partial charge in [-0.1, -0.05) is 35.1 Å². The third-order valence-corrected chi connectivity index (χ3v) is 4.16. The van der Waals surface area contributed by atoms with Crippen molar-refractivity contribution in [3.05, 3.63) is 40.4 Å². The molecule has 1 aliphatic rings. The average Bonchev–Trinajstić information content (AvgIpc) is 3.09. The number of carbonyl (C=O) groups excluding carboxylic acids is 1. The Morgan fingerprint density at radius 1 is 1.50 bits per heavy atom. The summed E-state index contributed by atoms with van der Waals surface area (Å²) in [5.41, 5.74) is 2.66. The second-order valence-corrected chi connectivity index (χ2v) is 5.85. The summed E-state index contributed by atoms with van der Waals surface area (Å²) < 4.78 is 0. The van der Waals surface area contributed by atoms with Gasteiger partial charge in [-0.15, -0.1) is 10.2 Å². The number of aromatic nitrogens is 2. The molecule has 0 saturated carbocycles. The van der Waals surface area contributed by atoms with E-state index in [1.165, 1.54) is 11.3 Å². The lowest BCUT2D eigenvalue weighted by molar-refractivity contribution is 0.207. The fourth-order valence-electron chi connectivity index (χ4n) is 2.46. The molecule has 2 amide bonds. The molecule has 0 aliphatic carbocycles. The van der Waals surface area contributed by atoms with Crippen LogP contribution in [0.4, 0.5) is 9.93 Å². The molecule has 5 nitrogen and oxygen atoms in total. The maximum Gasteiger partial charge on any atom is 0.324 e. The molecule has 104 valence electrons. The summed E-state index contributed by atoms with van der Waals surface area (Å²) in [6.45, 7) is 0.738. The van der Waals surface area contributed by atoms with Crippen LogP contribution in [-0.2, 0) is 0 Å². The summed E-state index contributed by atoms with van der Waals surface area (Å²) >= 11 is 7.34. The van der Waals surface area contributed by atoms with Crippen molar-refractivity contribution >= 4 is 34.1 Å². The Labute approximate surface area is 125 Å². The molecular formula is C13H13ClN4OS. The highest BCUT2D eigenvalue weighted by Gasteiger charge is 2.30. The zero-order valence-electron chi connectivity index (χ0n) is 10.6. The second kappa shape index (κ2) is 5.76. The number of rotatable bonds is 2. The standard InChI is InChI=1S/C13H13ClN4OS/c14-10-4-1-3-9(7-10)11-5-2-6-18(11)13(19)16-12-17-15-8-20-12/h1,3-4,7-8,11H,2,5-6H2,(H,16,17,19)/t11-/m0/s1. The quantitative estimate of drug-likeness (QED) is 0.923. The van der Waals surface area contributed by atoms with Crippen LogP contribution >= 0.6 is 22.9 Å². The Bertz CT molecular complexity index is 604. The van der Waals surface area contributed by atoms with E-state index in [0.29, 0.717) is 10.2 Å². The van der Waals surface area contributed by atoms with Gasteiger partial charge in [-0.25, -0.2) is 4.79 Å². The number of nitrogens with zero attached hydrogens (tertiary/aromatic N) is 3. The summed E-state index contributed by atoms with van der Waals surface area (Å²) in [5.74, 6) is 0. The van der Waals surface area contributed by atoms with Gasteiger partial charge < -0.3 is 4.90 Å². The predicted molar refractivity (Wildman–Crippen MR) is 79.1 cm³/mol. The molecule has 2 aromatic rings. The largest absolute Gasteiger partial charge is 0.324 e. The molecular weight excluding hydrogens is 296 g/mol. The Hall–Kier alpha value is -1.66. The van der Waals surface area contributed by atoms with Crippen LogP contribution in [0.5, 0.6) is 0 Å². The lowest BCUT2D eigenvalue weighted by atomic mass is 10.1. The minimum absolute atomic E-state index is 0.0709. The normalized spacial score (nSPS) is 18.2. The van der Waals surface area contributed by atoms with Gasteiger partial charge in [0.05, 0.1) is 6.04 Å². The number of hydrogen-bond donors (Lipinski definition) is 1. The molecule has 0 spiro atoms. The summed E-state index contributed by atoms with van der Waals surface area (Å²) in [6.07, 6.45) is 1.94. The van der Waals surface area contributed by atoms with Crippen molar-refractivity contribution in [2.45, 2.75) is 18.9 Å². The summed E-state index contributed by atoms with van der Waals surface area (Å²) in [4.78, 5) is 14.1. The number of likely N-dealkylation sites (tertiary alicyclic amines) is 1. The first-order chi connectivity index (χ1) is 9.74. The van der Waals surface area contributed by atoms with E-state index in [4.69, 9.17) is 11.6 Å². The van der Waals surface area contributed by atoms with E-state index in [2.05, 4.69) is 15.5 Å². The van der Waals surface area contributed by atoms with Crippen molar-refractivity contribution in [3.8, 4) is 0 Å². The molecule has 1 aromatic carbocycles. The summed E-state index contributed by atoms with van der Waals surface area (Å²) in [5, 5.41) is 11.5. The van der Waals surface area contributed by atoms with E-state index in [1.54, 1.807) is 5.51 Å². The lowest BCUT2D eigenvalue weighted by Crippen LogP contribution is -2.34. The molecule has 0 radical (unpaired) electrons. The maximum atomic E-state index is 12.3. The van der Waals surface area contributed by atoms with Crippen LogP contribution in [0.2, 0.25) is 5.02 Å². The lowest BCUT2D eigenvalue weighted by Gasteiger charge is -2.24. The number of carbonyl (C=O) groups is 1. The number of amides is 2. The molecule has 1 saturated heterocycles. The SMILES string of the molecule is O=C(Nc1nncs1)N1CCC[C@H]1c1cccc(Cl)c1. The van der Waals surface area contributed by atoms with Crippen LogP contribution in [0.3, 0.4) is 0 Å². The molecule has 1 fully saturated rings. The van der Waals surface area contributed by atoms with Crippen molar-refractivity contribution in [3.63, 3.8) is 0 Å². The zero-order valence-corrected chi connectivity index (χ0v) is 12.2. The fraction of sp³-hybridized carbons (Fsp3) is 0.308. The average molecular weight is 309 g/mol. The molecule has 0 bridgehead atoms.